The van der Waals surface area contributed by atoms with Gasteiger partial charge in [0.25, 0.3) is 0 Å². The van der Waals surface area contributed by atoms with E-state index >= 15 is 0 Å². The van der Waals surface area contributed by atoms with Crippen LogP contribution in [-0.2, 0) is 9.47 Å². The molecule has 1 saturated heterocycles. The number of nitrogens with zero attached hydrogens (tertiary/aromatic N) is 1. The summed E-state index contributed by atoms with van der Waals surface area (Å²) in [5, 5.41) is 3.81. The first kappa shape index (κ1) is 18.5. The smallest absolute Gasteiger partial charge is 0.410 e. The average molecular weight is 326 g/mol. The monoisotopic (exact) mass is 326 g/mol. The average Bonchev–Trinajstić information content (AvgIpc) is 2.74. The fourth-order valence-corrected chi connectivity index (χ4v) is 3.52. The molecule has 1 aliphatic carbocycles. The topological polar surface area (TPSA) is 50.8 Å². The molecule has 1 N–H and O–H groups in total. The minimum Gasteiger partial charge on any atom is -0.444 e. The highest BCUT2D eigenvalue weighted by Gasteiger charge is 2.30. The standard InChI is InChI=1S/C18H34N2O3/c1-18(2,3)23-17(21)20(4)16-9-7-15(8-10-16)19-14-6-5-12-22-13-11-14/h14-16,19H,5-13H2,1-4H3. The van der Waals surface area contributed by atoms with Crippen molar-refractivity contribution in [3.05, 3.63) is 0 Å². The predicted molar refractivity (Wildman–Crippen MR) is 91.6 cm³/mol. The van der Waals surface area contributed by atoms with Gasteiger partial charge in [-0.2, -0.15) is 0 Å². The first-order chi connectivity index (χ1) is 10.8. The van der Waals surface area contributed by atoms with E-state index in [-0.39, 0.29) is 6.09 Å². The van der Waals surface area contributed by atoms with E-state index in [4.69, 9.17) is 9.47 Å². The lowest BCUT2D eigenvalue weighted by Crippen LogP contribution is -2.46. The molecular formula is C18H34N2O3. The molecule has 1 atom stereocenters. The molecule has 0 radical (unpaired) electrons. The number of rotatable bonds is 3. The number of carbonyl (C=O) groups is 1. The van der Waals surface area contributed by atoms with Crippen molar-refractivity contribution >= 4 is 6.09 Å². The Balaban J connectivity index is 1.73. The predicted octanol–water partition coefficient (Wildman–Crippen LogP) is 3.32. The molecule has 23 heavy (non-hydrogen) atoms. The highest BCUT2D eigenvalue weighted by molar-refractivity contribution is 5.68. The van der Waals surface area contributed by atoms with Gasteiger partial charge in [-0.25, -0.2) is 4.79 Å². The molecule has 134 valence electrons. The van der Waals surface area contributed by atoms with Crippen molar-refractivity contribution in [1.82, 2.24) is 10.2 Å². The lowest BCUT2D eigenvalue weighted by Gasteiger charge is -2.37. The summed E-state index contributed by atoms with van der Waals surface area (Å²) < 4.78 is 11.0. The first-order valence-electron chi connectivity index (χ1n) is 9.15. The van der Waals surface area contributed by atoms with Crippen molar-refractivity contribution in [3.63, 3.8) is 0 Å². The molecule has 5 heteroatoms. The molecule has 1 amide bonds. The van der Waals surface area contributed by atoms with Gasteiger partial charge in [-0.1, -0.05) is 0 Å². The maximum atomic E-state index is 12.2. The first-order valence-corrected chi connectivity index (χ1v) is 9.15. The Morgan fingerprint density at radius 2 is 1.70 bits per heavy atom. The van der Waals surface area contributed by atoms with Crippen LogP contribution < -0.4 is 5.32 Å². The van der Waals surface area contributed by atoms with Crippen molar-refractivity contribution in [2.24, 2.45) is 0 Å². The second-order valence-electron chi connectivity index (χ2n) is 8.00. The molecule has 1 heterocycles. The summed E-state index contributed by atoms with van der Waals surface area (Å²) in [4.78, 5) is 14.0. The molecule has 2 aliphatic rings. The van der Waals surface area contributed by atoms with Crippen molar-refractivity contribution in [2.75, 3.05) is 20.3 Å². The number of carbonyl (C=O) groups excluding carboxylic acids is 1. The van der Waals surface area contributed by atoms with Crippen LogP contribution in [0.15, 0.2) is 0 Å². The van der Waals surface area contributed by atoms with Crippen LogP contribution in [0, 0.1) is 0 Å². The van der Waals surface area contributed by atoms with Gasteiger partial charge in [0.05, 0.1) is 0 Å². The fourth-order valence-electron chi connectivity index (χ4n) is 3.52. The number of ether oxygens (including phenoxy) is 2. The van der Waals surface area contributed by atoms with Crippen LogP contribution in [0.25, 0.3) is 0 Å². The Hall–Kier alpha value is -0.810. The molecule has 1 unspecified atom stereocenters. The van der Waals surface area contributed by atoms with Crippen LogP contribution >= 0.6 is 0 Å². The fraction of sp³-hybridized carbons (Fsp3) is 0.944. The van der Waals surface area contributed by atoms with E-state index in [9.17, 15) is 4.79 Å². The second-order valence-corrected chi connectivity index (χ2v) is 8.00. The van der Waals surface area contributed by atoms with E-state index in [1.807, 2.05) is 27.8 Å². The Kier molecular flexibility index (Phi) is 6.72. The molecule has 5 nitrogen and oxygen atoms in total. The van der Waals surface area contributed by atoms with E-state index in [0.29, 0.717) is 18.1 Å². The quantitative estimate of drug-likeness (QED) is 0.864. The summed E-state index contributed by atoms with van der Waals surface area (Å²) in [6.45, 7) is 7.53. The molecule has 1 saturated carbocycles. The minimum atomic E-state index is -0.425. The van der Waals surface area contributed by atoms with Crippen LogP contribution in [-0.4, -0.2) is 55.0 Å². The Bertz CT molecular complexity index is 365. The van der Waals surface area contributed by atoms with Gasteiger partial charge in [0, 0.05) is 38.4 Å². The molecule has 2 fully saturated rings. The third-order valence-corrected chi connectivity index (χ3v) is 4.85. The number of nitrogens with one attached hydrogen (secondary N) is 1. The summed E-state index contributed by atoms with van der Waals surface area (Å²) in [6.07, 6.45) is 7.68. The zero-order valence-corrected chi connectivity index (χ0v) is 15.3. The van der Waals surface area contributed by atoms with Crippen molar-refractivity contribution in [1.29, 1.82) is 0 Å². The normalized spacial score (nSPS) is 29.7. The van der Waals surface area contributed by atoms with Crippen molar-refractivity contribution in [3.8, 4) is 0 Å². The van der Waals surface area contributed by atoms with Gasteiger partial charge in [-0.05, 0) is 65.7 Å². The van der Waals surface area contributed by atoms with E-state index in [1.54, 1.807) is 4.90 Å². The van der Waals surface area contributed by atoms with Gasteiger partial charge in [-0.15, -0.1) is 0 Å². The zero-order valence-electron chi connectivity index (χ0n) is 15.3. The number of amides is 1. The van der Waals surface area contributed by atoms with Gasteiger partial charge in [-0.3, -0.25) is 0 Å². The zero-order chi connectivity index (χ0) is 16.9. The van der Waals surface area contributed by atoms with Crippen molar-refractivity contribution < 1.29 is 14.3 Å². The van der Waals surface area contributed by atoms with Crippen LogP contribution in [0.4, 0.5) is 4.79 Å². The summed E-state index contributed by atoms with van der Waals surface area (Å²) in [6, 6.07) is 1.49. The molecule has 2 rings (SSSR count). The van der Waals surface area contributed by atoms with Crippen LogP contribution in [0.1, 0.15) is 65.7 Å². The Morgan fingerprint density at radius 1 is 1.04 bits per heavy atom. The molecule has 0 aromatic heterocycles. The molecule has 0 aromatic carbocycles. The summed E-state index contributed by atoms with van der Waals surface area (Å²) in [7, 11) is 1.87. The SMILES string of the molecule is CN(C(=O)OC(C)(C)C)C1CCC(NC2CCCOCC2)CC1. The Morgan fingerprint density at radius 3 is 2.35 bits per heavy atom. The third-order valence-electron chi connectivity index (χ3n) is 4.85. The largest absolute Gasteiger partial charge is 0.444 e. The van der Waals surface area contributed by atoms with Gasteiger partial charge in [0.15, 0.2) is 0 Å². The van der Waals surface area contributed by atoms with Gasteiger partial charge >= 0.3 is 6.09 Å². The molecule has 1 aliphatic heterocycles. The maximum Gasteiger partial charge on any atom is 0.410 e. The van der Waals surface area contributed by atoms with E-state index < -0.39 is 5.60 Å². The van der Waals surface area contributed by atoms with Crippen LogP contribution in [0.2, 0.25) is 0 Å². The molecule has 0 spiro atoms. The lowest BCUT2D eigenvalue weighted by atomic mass is 9.89. The summed E-state index contributed by atoms with van der Waals surface area (Å²) >= 11 is 0. The highest BCUT2D eigenvalue weighted by atomic mass is 16.6. The number of hydrogen-bond donors (Lipinski definition) is 1. The van der Waals surface area contributed by atoms with Gasteiger partial charge in [0.1, 0.15) is 5.60 Å². The third kappa shape index (κ3) is 6.30. The second kappa shape index (κ2) is 8.34. The Labute approximate surface area is 141 Å². The van der Waals surface area contributed by atoms with Gasteiger partial charge in [0.2, 0.25) is 0 Å². The molecular weight excluding hydrogens is 292 g/mol. The highest BCUT2D eigenvalue weighted by Crippen LogP contribution is 2.25. The van der Waals surface area contributed by atoms with Gasteiger partial charge < -0.3 is 19.7 Å². The van der Waals surface area contributed by atoms with E-state index in [1.165, 1.54) is 6.42 Å². The van der Waals surface area contributed by atoms with Crippen molar-refractivity contribution in [2.45, 2.75) is 89.4 Å². The van der Waals surface area contributed by atoms with Crippen LogP contribution in [0.3, 0.4) is 0 Å². The summed E-state index contributed by atoms with van der Waals surface area (Å²) in [5.74, 6) is 0. The lowest BCUT2D eigenvalue weighted by molar-refractivity contribution is 0.0177. The maximum absolute atomic E-state index is 12.2. The van der Waals surface area contributed by atoms with Crippen LogP contribution in [0.5, 0.6) is 0 Å². The van der Waals surface area contributed by atoms with E-state index in [0.717, 1.165) is 51.7 Å². The molecule has 0 bridgehead atoms. The summed E-state index contributed by atoms with van der Waals surface area (Å²) in [5.41, 5.74) is -0.425. The molecule has 0 aromatic rings. The minimum absolute atomic E-state index is 0.199. The van der Waals surface area contributed by atoms with E-state index in [2.05, 4.69) is 5.32 Å². The number of hydrogen-bond acceptors (Lipinski definition) is 4.